The van der Waals surface area contributed by atoms with E-state index in [-0.39, 0.29) is 5.41 Å². The molecule has 0 amide bonds. The van der Waals surface area contributed by atoms with Crippen LogP contribution in [-0.4, -0.2) is 0 Å². The smallest absolute Gasteiger partial charge is 0.0867 e. The highest BCUT2D eigenvalue weighted by atomic mass is 35.5. The second-order valence-corrected chi connectivity index (χ2v) is 4.01. The maximum absolute atomic E-state index is 11.7. The molecule has 12 heavy (non-hydrogen) atoms. The Hall–Kier alpha value is -0.560. The summed E-state index contributed by atoms with van der Waals surface area (Å²) >= 11 is 5.75. The Morgan fingerprint density at radius 1 is 1.42 bits per heavy atom. The summed E-state index contributed by atoms with van der Waals surface area (Å²) in [4.78, 5) is 0. The molecule has 0 aliphatic carbocycles. The number of hydrogen-bond acceptors (Lipinski definition) is 0. The average molecular weight is 189 g/mol. The van der Waals surface area contributed by atoms with Crippen molar-refractivity contribution in [1.82, 2.24) is 0 Å². The Morgan fingerprint density at radius 3 is 2.17 bits per heavy atom. The highest BCUT2D eigenvalue weighted by molar-refractivity contribution is 6.31. The van der Waals surface area contributed by atoms with Crippen molar-refractivity contribution in [3.8, 4) is 0 Å². The summed E-state index contributed by atoms with van der Waals surface area (Å²) in [6.07, 6.45) is 3.43. The van der Waals surface area contributed by atoms with E-state index in [1.54, 1.807) is 6.08 Å². The molecule has 0 nitrogen and oxygen atoms in total. The predicted molar refractivity (Wildman–Crippen MR) is 52.8 cm³/mol. The van der Waals surface area contributed by atoms with Crippen LogP contribution in [0.4, 0.5) is 4.39 Å². The van der Waals surface area contributed by atoms with Gasteiger partial charge in [0.1, 0.15) is 0 Å². The maximum atomic E-state index is 11.7. The van der Waals surface area contributed by atoms with Crippen LogP contribution in [0.15, 0.2) is 35.7 Å². The maximum Gasteiger partial charge on any atom is 0.0867 e. The van der Waals surface area contributed by atoms with Crippen molar-refractivity contribution >= 4 is 11.6 Å². The lowest BCUT2D eigenvalue weighted by Crippen LogP contribution is -2.08. The average Bonchev–Trinajstić information content (AvgIpc) is 1.84. The minimum Gasteiger partial charge on any atom is -0.216 e. The Morgan fingerprint density at radius 2 is 1.92 bits per heavy atom. The Balaban J connectivity index is 4.80. The molecule has 0 saturated heterocycles. The van der Waals surface area contributed by atoms with Gasteiger partial charge in [0.15, 0.2) is 0 Å². The third-order valence-corrected chi connectivity index (χ3v) is 1.64. The Labute approximate surface area is 78.4 Å². The highest BCUT2D eigenvalue weighted by Crippen LogP contribution is 2.32. The largest absolute Gasteiger partial charge is 0.216 e. The lowest BCUT2D eigenvalue weighted by molar-refractivity contribution is 0.515. The molecule has 0 N–H and O–H groups in total. The third kappa shape index (κ3) is 3.72. The second kappa shape index (κ2) is 4.46. The molecule has 0 aliphatic heterocycles. The van der Waals surface area contributed by atoms with Gasteiger partial charge in [-0.25, -0.2) is 4.39 Å². The Kier molecular flexibility index (Phi) is 4.25. The molecule has 0 aromatic carbocycles. The van der Waals surface area contributed by atoms with Crippen LogP contribution in [0.5, 0.6) is 0 Å². The van der Waals surface area contributed by atoms with Crippen molar-refractivity contribution < 1.29 is 4.39 Å². The number of allylic oxidation sites excluding steroid dienone is 4. The summed E-state index contributed by atoms with van der Waals surface area (Å²) in [5, 5.41) is 0.459. The predicted octanol–water partition coefficient (Wildman–Crippen LogP) is 4.19. The van der Waals surface area contributed by atoms with E-state index in [1.807, 2.05) is 20.8 Å². The van der Waals surface area contributed by atoms with Crippen LogP contribution in [-0.2, 0) is 0 Å². The molecule has 0 atom stereocenters. The summed E-state index contributed by atoms with van der Waals surface area (Å²) in [5.74, 6) is 0. The first-order valence-corrected chi connectivity index (χ1v) is 4.09. The molecule has 0 saturated carbocycles. The Bertz CT molecular complexity index is 218. The molecule has 0 aromatic heterocycles. The van der Waals surface area contributed by atoms with Crippen LogP contribution >= 0.6 is 11.6 Å². The molecule has 0 aromatic rings. The van der Waals surface area contributed by atoms with Crippen LogP contribution in [0.2, 0.25) is 0 Å². The first-order chi connectivity index (χ1) is 5.39. The van der Waals surface area contributed by atoms with Gasteiger partial charge in [-0.15, -0.1) is 0 Å². The van der Waals surface area contributed by atoms with Gasteiger partial charge in [0, 0.05) is 5.03 Å². The molecule has 0 unspecified atom stereocenters. The van der Waals surface area contributed by atoms with E-state index >= 15 is 0 Å². The molecule has 2 heteroatoms. The molecule has 0 fully saturated rings. The second-order valence-electron chi connectivity index (χ2n) is 3.55. The number of halogens is 2. The third-order valence-electron chi connectivity index (χ3n) is 1.44. The molecule has 0 bridgehead atoms. The van der Waals surface area contributed by atoms with Crippen molar-refractivity contribution in [2.45, 2.75) is 20.8 Å². The zero-order valence-corrected chi connectivity index (χ0v) is 8.45. The van der Waals surface area contributed by atoms with Crippen molar-refractivity contribution in [2.75, 3.05) is 0 Å². The van der Waals surface area contributed by atoms with Gasteiger partial charge >= 0.3 is 0 Å². The highest BCUT2D eigenvalue weighted by Gasteiger charge is 2.17. The first kappa shape index (κ1) is 11.4. The minimum atomic E-state index is -0.0989. The summed E-state index contributed by atoms with van der Waals surface area (Å²) in [7, 11) is 0. The molecule has 0 heterocycles. The monoisotopic (exact) mass is 188 g/mol. The summed E-state index contributed by atoms with van der Waals surface area (Å²) in [6, 6.07) is 0. The zero-order chi connectivity index (χ0) is 9.78. The zero-order valence-electron chi connectivity index (χ0n) is 7.70. The van der Waals surface area contributed by atoms with Gasteiger partial charge in [-0.1, -0.05) is 45.0 Å². The van der Waals surface area contributed by atoms with Gasteiger partial charge in [-0.05, 0) is 17.1 Å². The lowest BCUT2D eigenvalue weighted by atomic mass is 9.86. The standard InChI is InChI=1S/C10H14ClF/c1-8(11)9(6-5-7-12)10(2,3)4/h5-7H,1H2,2-4H3/b7-5+,9-6+. The molecule has 68 valence electrons. The van der Waals surface area contributed by atoms with Gasteiger partial charge in [-0.2, -0.15) is 0 Å². The van der Waals surface area contributed by atoms with Gasteiger partial charge in [0.25, 0.3) is 0 Å². The first-order valence-electron chi connectivity index (χ1n) is 3.72. The van der Waals surface area contributed by atoms with E-state index in [0.29, 0.717) is 11.4 Å². The quantitative estimate of drug-likeness (QED) is 0.570. The van der Waals surface area contributed by atoms with Crippen molar-refractivity contribution in [2.24, 2.45) is 5.41 Å². The minimum absolute atomic E-state index is 0.0989. The normalized spacial score (nSPS) is 13.9. The van der Waals surface area contributed by atoms with E-state index in [0.717, 1.165) is 5.57 Å². The topological polar surface area (TPSA) is 0 Å². The van der Waals surface area contributed by atoms with Crippen LogP contribution in [0.1, 0.15) is 20.8 Å². The SMILES string of the molecule is C=C(Cl)/C(=C\C=C\F)C(C)(C)C. The van der Waals surface area contributed by atoms with Gasteiger partial charge < -0.3 is 0 Å². The molecule has 0 radical (unpaired) electrons. The van der Waals surface area contributed by atoms with E-state index in [9.17, 15) is 4.39 Å². The van der Waals surface area contributed by atoms with E-state index in [1.165, 1.54) is 6.08 Å². The van der Waals surface area contributed by atoms with Crippen molar-refractivity contribution in [3.05, 3.63) is 35.7 Å². The van der Waals surface area contributed by atoms with Gasteiger partial charge in [-0.3, -0.25) is 0 Å². The fourth-order valence-electron chi connectivity index (χ4n) is 0.880. The fourth-order valence-corrected chi connectivity index (χ4v) is 1.23. The number of rotatable bonds is 2. The summed E-state index contributed by atoms with van der Waals surface area (Å²) < 4.78 is 11.7. The van der Waals surface area contributed by atoms with Crippen molar-refractivity contribution in [3.63, 3.8) is 0 Å². The molecular weight excluding hydrogens is 175 g/mol. The van der Waals surface area contributed by atoms with Gasteiger partial charge in [0.2, 0.25) is 0 Å². The molecule has 0 rings (SSSR count). The van der Waals surface area contributed by atoms with E-state index in [2.05, 4.69) is 6.58 Å². The summed E-state index contributed by atoms with van der Waals surface area (Å²) in [5.41, 5.74) is 0.747. The lowest BCUT2D eigenvalue weighted by Gasteiger charge is -2.21. The van der Waals surface area contributed by atoms with Crippen LogP contribution < -0.4 is 0 Å². The molecular formula is C10H14ClF. The van der Waals surface area contributed by atoms with E-state index < -0.39 is 0 Å². The van der Waals surface area contributed by atoms with Crippen LogP contribution in [0.25, 0.3) is 0 Å². The molecule has 0 spiro atoms. The molecule has 0 aliphatic rings. The van der Waals surface area contributed by atoms with Crippen LogP contribution in [0.3, 0.4) is 0 Å². The van der Waals surface area contributed by atoms with E-state index in [4.69, 9.17) is 11.6 Å². The van der Waals surface area contributed by atoms with Crippen LogP contribution in [0, 0.1) is 5.41 Å². The summed E-state index contributed by atoms with van der Waals surface area (Å²) in [6.45, 7) is 9.61. The van der Waals surface area contributed by atoms with Crippen molar-refractivity contribution in [1.29, 1.82) is 0 Å². The van der Waals surface area contributed by atoms with Gasteiger partial charge in [0.05, 0.1) is 6.33 Å². The number of hydrogen-bond donors (Lipinski definition) is 0. The fraction of sp³-hybridized carbons (Fsp3) is 0.400.